The molecule has 0 bridgehead atoms. The number of hydrogen-bond donors (Lipinski definition) is 0. The Bertz CT molecular complexity index is 187. The van der Waals surface area contributed by atoms with Crippen LogP contribution >= 0.6 is 0 Å². The van der Waals surface area contributed by atoms with E-state index in [4.69, 9.17) is 0 Å². The Balaban J connectivity index is 0. The fraction of sp³-hybridized carbons (Fsp3) is 0.500. The quantitative estimate of drug-likeness (QED) is 0.652. The normalized spacial score (nSPS) is 8.00. The molecule has 1 rings (SSSR count). The standard InChI is InChI=1S/C10H14.C2H6.FH/c1-3-9-6-5-7-10(4-2)8-9;1-2;/h5-8H,3-4H2,1-2H3;1-2H3;1H. The van der Waals surface area contributed by atoms with Gasteiger partial charge >= 0.3 is 0 Å². The van der Waals surface area contributed by atoms with Crippen molar-refractivity contribution in [3.8, 4) is 0 Å². The van der Waals surface area contributed by atoms with Gasteiger partial charge in [0.25, 0.3) is 0 Å². The summed E-state index contributed by atoms with van der Waals surface area (Å²) in [6.45, 7) is 8.38. The maximum absolute atomic E-state index is 2.28. The van der Waals surface area contributed by atoms with Gasteiger partial charge in [-0.25, -0.2) is 0 Å². The average molecular weight is 184 g/mol. The van der Waals surface area contributed by atoms with Gasteiger partial charge in [0.15, 0.2) is 0 Å². The van der Waals surface area contributed by atoms with Crippen LogP contribution in [0.25, 0.3) is 0 Å². The van der Waals surface area contributed by atoms with Crippen molar-refractivity contribution >= 4 is 0 Å². The summed E-state index contributed by atoms with van der Waals surface area (Å²) >= 11 is 0. The fourth-order valence-electron chi connectivity index (χ4n) is 1.07. The van der Waals surface area contributed by atoms with Crippen LogP contribution < -0.4 is 0 Å². The Hall–Kier alpha value is -0.850. The van der Waals surface area contributed by atoms with Crippen LogP contribution in [0.2, 0.25) is 0 Å². The second-order valence-corrected chi connectivity index (χ2v) is 2.53. The van der Waals surface area contributed by atoms with Gasteiger partial charge in [0.05, 0.1) is 0 Å². The van der Waals surface area contributed by atoms with E-state index in [0.717, 1.165) is 12.8 Å². The molecular weight excluding hydrogens is 163 g/mol. The first kappa shape index (κ1) is 14.7. The topological polar surface area (TPSA) is 0 Å². The first-order valence-corrected chi connectivity index (χ1v) is 4.94. The lowest BCUT2D eigenvalue weighted by molar-refractivity contribution is 1.09. The van der Waals surface area contributed by atoms with Gasteiger partial charge in [0.2, 0.25) is 0 Å². The first-order chi connectivity index (χ1) is 5.86. The van der Waals surface area contributed by atoms with Crippen molar-refractivity contribution in [3.63, 3.8) is 0 Å². The van der Waals surface area contributed by atoms with Gasteiger partial charge in [-0.15, -0.1) is 0 Å². The molecule has 0 saturated heterocycles. The fourth-order valence-corrected chi connectivity index (χ4v) is 1.07. The smallest absolute Gasteiger partial charge is 0.0307 e. The molecule has 0 nitrogen and oxygen atoms in total. The Kier molecular flexibility index (Phi) is 10.4. The van der Waals surface area contributed by atoms with Crippen molar-refractivity contribution in [2.75, 3.05) is 0 Å². The Morgan fingerprint density at radius 3 is 1.62 bits per heavy atom. The first-order valence-electron chi connectivity index (χ1n) is 4.94. The van der Waals surface area contributed by atoms with Crippen molar-refractivity contribution in [2.45, 2.75) is 40.5 Å². The van der Waals surface area contributed by atoms with Crippen molar-refractivity contribution in [1.82, 2.24) is 0 Å². The van der Waals surface area contributed by atoms with E-state index in [1.807, 2.05) is 13.8 Å². The minimum absolute atomic E-state index is 0. The van der Waals surface area contributed by atoms with Crippen molar-refractivity contribution in [2.24, 2.45) is 0 Å². The zero-order valence-electron chi connectivity index (χ0n) is 9.13. The molecular formula is C12H21F. The molecule has 0 spiro atoms. The molecule has 0 unspecified atom stereocenters. The van der Waals surface area contributed by atoms with Crippen molar-refractivity contribution in [1.29, 1.82) is 0 Å². The third kappa shape index (κ3) is 5.40. The molecule has 0 aliphatic carbocycles. The lowest BCUT2D eigenvalue weighted by atomic mass is 10.1. The van der Waals surface area contributed by atoms with E-state index in [9.17, 15) is 0 Å². The van der Waals surface area contributed by atoms with Crippen molar-refractivity contribution in [3.05, 3.63) is 35.4 Å². The average Bonchev–Trinajstić information content (AvgIpc) is 2.21. The Morgan fingerprint density at radius 2 is 1.31 bits per heavy atom. The number of benzene rings is 1. The zero-order chi connectivity index (χ0) is 9.40. The molecule has 0 aromatic heterocycles. The van der Waals surface area contributed by atoms with Crippen LogP contribution in [0.1, 0.15) is 38.8 Å². The van der Waals surface area contributed by atoms with Crippen LogP contribution in [0.15, 0.2) is 24.3 Å². The molecule has 13 heavy (non-hydrogen) atoms. The van der Waals surface area contributed by atoms with E-state index in [0.29, 0.717) is 0 Å². The highest BCUT2D eigenvalue weighted by molar-refractivity contribution is 5.23. The minimum atomic E-state index is 0. The zero-order valence-corrected chi connectivity index (χ0v) is 9.13. The van der Waals surface area contributed by atoms with E-state index in [2.05, 4.69) is 38.1 Å². The monoisotopic (exact) mass is 184 g/mol. The maximum Gasteiger partial charge on any atom is -0.0307 e. The summed E-state index contributed by atoms with van der Waals surface area (Å²) < 4.78 is 0. The molecule has 1 aromatic carbocycles. The maximum atomic E-state index is 2.28. The molecule has 0 N–H and O–H groups in total. The van der Waals surface area contributed by atoms with E-state index in [1.165, 1.54) is 11.1 Å². The lowest BCUT2D eigenvalue weighted by Gasteiger charge is -1.98. The second-order valence-electron chi connectivity index (χ2n) is 2.53. The minimum Gasteiger partial charge on any atom is -0.269 e. The predicted molar refractivity (Wildman–Crippen MR) is 59.0 cm³/mol. The molecule has 0 atom stereocenters. The molecule has 76 valence electrons. The Morgan fingerprint density at radius 1 is 0.923 bits per heavy atom. The van der Waals surface area contributed by atoms with E-state index in [1.54, 1.807) is 0 Å². The van der Waals surface area contributed by atoms with Crippen LogP contribution in [-0.4, -0.2) is 0 Å². The number of rotatable bonds is 2. The molecule has 0 aliphatic heterocycles. The summed E-state index contributed by atoms with van der Waals surface area (Å²) in [5.74, 6) is 0. The molecule has 0 amide bonds. The van der Waals surface area contributed by atoms with Crippen LogP contribution in [-0.2, 0) is 12.8 Å². The van der Waals surface area contributed by atoms with Gasteiger partial charge in [-0.2, -0.15) is 0 Å². The molecule has 0 aliphatic rings. The lowest BCUT2D eigenvalue weighted by Crippen LogP contribution is -1.83. The predicted octanol–water partition coefficient (Wildman–Crippen LogP) is 3.99. The van der Waals surface area contributed by atoms with Crippen LogP contribution in [0.5, 0.6) is 0 Å². The highest BCUT2D eigenvalue weighted by Crippen LogP contribution is 2.05. The summed E-state index contributed by atoms with van der Waals surface area (Å²) in [5, 5.41) is 0. The number of halogens is 1. The van der Waals surface area contributed by atoms with Crippen molar-refractivity contribution < 1.29 is 4.70 Å². The van der Waals surface area contributed by atoms with Gasteiger partial charge in [0, 0.05) is 0 Å². The van der Waals surface area contributed by atoms with E-state index < -0.39 is 0 Å². The SMILES string of the molecule is CC.CCc1cccc(CC)c1.F. The molecule has 1 heteroatoms. The highest BCUT2D eigenvalue weighted by Gasteiger charge is 1.89. The van der Waals surface area contributed by atoms with Gasteiger partial charge < -0.3 is 0 Å². The largest absolute Gasteiger partial charge is 0.269 e. The molecule has 0 heterocycles. The van der Waals surface area contributed by atoms with Crippen LogP contribution in [0, 0.1) is 0 Å². The summed E-state index contributed by atoms with van der Waals surface area (Å²) in [6, 6.07) is 8.77. The van der Waals surface area contributed by atoms with Gasteiger partial charge in [-0.1, -0.05) is 52.0 Å². The van der Waals surface area contributed by atoms with Gasteiger partial charge in [-0.3, -0.25) is 4.70 Å². The summed E-state index contributed by atoms with van der Waals surface area (Å²) in [6.07, 6.45) is 2.29. The van der Waals surface area contributed by atoms with E-state index in [-0.39, 0.29) is 4.70 Å². The molecule has 0 saturated carbocycles. The van der Waals surface area contributed by atoms with Crippen LogP contribution in [0.3, 0.4) is 0 Å². The molecule has 0 radical (unpaired) electrons. The molecule has 1 aromatic rings. The van der Waals surface area contributed by atoms with E-state index >= 15 is 0 Å². The number of aryl methyl sites for hydroxylation is 2. The molecule has 0 fully saturated rings. The third-order valence-corrected chi connectivity index (χ3v) is 1.81. The van der Waals surface area contributed by atoms with Gasteiger partial charge in [-0.05, 0) is 24.0 Å². The summed E-state index contributed by atoms with van der Waals surface area (Å²) in [5.41, 5.74) is 2.89. The van der Waals surface area contributed by atoms with Crippen LogP contribution in [0.4, 0.5) is 4.70 Å². The summed E-state index contributed by atoms with van der Waals surface area (Å²) in [4.78, 5) is 0. The number of hydrogen-bond acceptors (Lipinski definition) is 0. The van der Waals surface area contributed by atoms with Gasteiger partial charge in [0.1, 0.15) is 0 Å². The Labute approximate surface area is 81.4 Å². The third-order valence-electron chi connectivity index (χ3n) is 1.81. The second kappa shape index (κ2) is 9.24. The summed E-state index contributed by atoms with van der Waals surface area (Å²) in [7, 11) is 0. The highest BCUT2D eigenvalue weighted by atomic mass is 19.0.